The minimum atomic E-state index is -0.316. The molecule has 0 spiro atoms. The summed E-state index contributed by atoms with van der Waals surface area (Å²) < 4.78 is 12.9. The van der Waals surface area contributed by atoms with Crippen molar-refractivity contribution in [3.8, 4) is 0 Å². The summed E-state index contributed by atoms with van der Waals surface area (Å²) in [4.78, 5) is 0.525. The lowest BCUT2D eigenvalue weighted by molar-refractivity contribution is 0.603. The van der Waals surface area contributed by atoms with Gasteiger partial charge in [-0.15, -0.1) is 11.8 Å². The van der Waals surface area contributed by atoms with E-state index in [9.17, 15) is 4.39 Å². The second-order valence-corrected chi connectivity index (χ2v) is 2.96. The lowest BCUT2D eigenvalue weighted by Gasteiger charge is -2.03. The third kappa shape index (κ3) is 1.57. The van der Waals surface area contributed by atoms with Gasteiger partial charge in [0.2, 0.25) is 0 Å². The van der Waals surface area contributed by atoms with Crippen LogP contribution in [-0.2, 0) is 0 Å². The number of thioether (sulfide) groups is 1. The van der Waals surface area contributed by atoms with Crippen LogP contribution >= 0.6 is 11.8 Å². The summed E-state index contributed by atoms with van der Waals surface area (Å²) in [6.07, 6.45) is 1.79. The standard InChI is InChI=1S/C7H9FN2S/c1-11-7-3-6(10)5(9)2-4(7)8/h2-3H,9-10H2,1H3. The predicted molar refractivity (Wildman–Crippen MR) is 47.0 cm³/mol. The highest BCUT2D eigenvalue weighted by molar-refractivity contribution is 7.98. The van der Waals surface area contributed by atoms with Gasteiger partial charge in [-0.2, -0.15) is 0 Å². The first-order chi connectivity index (χ1) is 5.15. The van der Waals surface area contributed by atoms with E-state index in [4.69, 9.17) is 11.5 Å². The van der Waals surface area contributed by atoms with E-state index in [1.165, 1.54) is 23.9 Å². The largest absolute Gasteiger partial charge is 0.397 e. The van der Waals surface area contributed by atoms with Crippen LogP contribution in [0.4, 0.5) is 15.8 Å². The average molecular weight is 172 g/mol. The van der Waals surface area contributed by atoms with Crippen molar-refractivity contribution in [1.82, 2.24) is 0 Å². The molecule has 0 aliphatic carbocycles. The molecule has 1 rings (SSSR count). The van der Waals surface area contributed by atoms with Gasteiger partial charge in [-0.1, -0.05) is 0 Å². The van der Waals surface area contributed by atoms with Crippen LogP contribution in [0, 0.1) is 5.82 Å². The zero-order valence-electron chi connectivity index (χ0n) is 6.10. The Morgan fingerprint density at radius 1 is 1.27 bits per heavy atom. The third-order valence-corrected chi connectivity index (χ3v) is 2.11. The van der Waals surface area contributed by atoms with Gasteiger partial charge in [0, 0.05) is 11.0 Å². The summed E-state index contributed by atoms with van der Waals surface area (Å²) in [6, 6.07) is 2.77. The first-order valence-corrected chi connectivity index (χ1v) is 4.26. The monoisotopic (exact) mass is 172 g/mol. The molecule has 0 radical (unpaired) electrons. The molecule has 1 aromatic rings. The SMILES string of the molecule is CSc1cc(N)c(N)cc1F. The van der Waals surface area contributed by atoms with Gasteiger partial charge in [-0.05, 0) is 12.3 Å². The van der Waals surface area contributed by atoms with Gasteiger partial charge in [0.05, 0.1) is 11.4 Å². The number of anilines is 2. The molecule has 0 saturated heterocycles. The quantitative estimate of drug-likeness (QED) is 0.501. The Balaban J connectivity index is 3.21. The number of hydrogen-bond donors (Lipinski definition) is 2. The number of hydrogen-bond acceptors (Lipinski definition) is 3. The van der Waals surface area contributed by atoms with Gasteiger partial charge in [-0.3, -0.25) is 0 Å². The van der Waals surface area contributed by atoms with Gasteiger partial charge in [0.1, 0.15) is 5.82 Å². The maximum Gasteiger partial charge on any atom is 0.138 e. The molecule has 0 saturated carbocycles. The van der Waals surface area contributed by atoms with Crippen LogP contribution in [0.5, 0.6) is 0 Å². The van der Waals surface area contributed by atoms with Crippen molar-refractivity contribution in [2.45, 2.75) is 4.90 Å². The molecule has 0 aliphatic rings. The molecular weight excluding hydrogens is 163 g/mol. The van der Waals surface area contributed by atoms with E-state index in [-0.39, 0.29) is 5.82 Å². The molecule has 0 aliphatic heterocycles. The molecule has 0 aromatic heterocycles. The van der Waals surface area contributed by atoms with Crippen molar-refractivity contribution in [2.75, 3.05) is 17.7 Å². The van der Waals surface area contributed by atoms with Crippen LogP contribution in [0.1, 0.15) is 0 Å². The highest BCUT2D eigenvalue weighted by Gasteiger charge is 2.03. The Labute approximate surface area is 68.8 Å². The van der Waals surface area contributed by atoms with Crippen molar-refractivity contribution in [3.63, 3.8) is 0 Å². The molecule has 0 amide bonds. The molecule has 60 valence electrons. The van der Waals surface area contributed by atoms with Crippen LogP contribution in [-0.4, -0.2) is 6.26 Å². The molecule has 11 heavy (non-hydrogen) atoms. The second kappa shape index (κ2) is 3.00. The summed E-state index contributed by atoms with van der Waals surface area (Å²) in [5.74, 6) is -0.316. The summed E-state index contributed by atoms with van der Waals surface area (Å²) in [5, 5.41) is 0. The highest BCUT2D eigenvalue weighted by atomic mass is 32.2. The fourth-order valence-electron chi connectivity index (χ4n) is 0.741. The molecule has 1 aromatic carbocycles. The van der Waals surface area contributed by atoms with E-state index in [0.29, 0.717) is 16.3 Å². The Kier molecular flexibility index (Phi) is 2.24. The Morgan fingerprint density at radius 2 is 1.82 bits per heavy atom. The fraction of sp³-hybridized carbons (Fsp3) is 0.143. The van der Waals surface area contributed by atoms with E-state index < -0.39 is 0 Å². The molecular formula is C7H9FN2S. The molecule has 2 nitrogen and oxygen atoms in total. The zero-order chi connectivity index (χ0) is 8.43. The van der Waals surface area contributed by atoms with Crippen molar-refractivity contribution >= 4 is 23.1 Å². The van der Waals surface area contributed by atoms with Crippen molar-refractivity contribution < 1.29 is 4.39 Å². The molecule has 4 heteroatoms. The third-order valence-electron chi connectivity index (χ3n) is 1.36. The number of halogens is 1. The Hall–Kier alpha value is -0.900. The maximum absolute atomic E-state index is 12.9. The normalized spacial score (nSPS) is 10.0. The lowest BCUT2D eigenvalue weighted by atomic mass is 10.3. The number of nitrogens with two attached hydrogens (primary N) is 2. The summed E-state index contributed by atoms with van der Waals surface area (Å²) in [6.45, 7) is 0. The Morgan fingerprint density at radius 3 is 2.36 bits per heavy atom. The lowest BCUT2D eigenvalue weighted by Crippen LogP contribution is -1.96. The maximum atomic E-state index is 12.9. The van der Waals surface area contributed by atoms with Gasteiger partial charge in [-0.25, -0.2) is 4.39 Å². The average Bonchev–Trinajstić information content (AvgIpc) is 1.97. The van der Waals surface area contributed by atoms with Crippen molar-refractivity contribution in [2.24, 2.45) is 0 Å². The molecule has 0 atom stereocenters. The highest BCUT2D eigenvalue weighted by Crippen LogP contribution is 2.25. The number of rotatable bonds is 1. The minimum absolute atomic E-state index is 0.292. The first-order valence-electron chi connectivity index (χ1n) is 3.03. The van der Waals surface area contributed by atoms with E-state index >= 15 is 0 Å². The summed E-state index contributed by atoms with van der Waals surface area (Å²) in [7, 11) is 0. The van der Waals surface area contributed by atoms with E-state index in [2.05, 4.69) is 0 Å². The predicted octanol–water partition coefficient (Wildman–Crippen LogP) is 1.71. The summed E-state index contributed by atoms with van der Waals surface area (Å²) in [5.41, 5.74) is 11.5. The first kappa shape index (κ1) is 8.20. The van der Waals surface area contributed by atoms with Gasteiger partial charge >= 0.3 is 0 Å². The van der Waals surface area contributed by atoms with Gasteiger partial charge < -0.3 is 11.5 Å². The van der Waals surface area contributed by atoms with Crippen LogP contribution in [0.2, 0.25) is 0 Å². The van der Waals surface area contributed by atoms with Crippen LogP contribution in [0.15, 0.2) is 17.0 Å². The van der Waals surface area contributed by atoms with Crippen LogP contribution in [0.25, 0.3) is 0 Å². The summed E-state index contributed by atoms with van der Waals surface area (Å²) >= 11 is 1.31. The minimum Gasteiger partial charge on any atom is -0.397 e. The van der Waals surface area contributed by atoms with Crippen molar-refractivity contribution in [1.29, 1.82) is 0 Å². The second-order valence-electron chi connectivity index (χ2n) is 2.12. The van der Waals surface area contributed by atoms with Crippen LogP contribution < -0.4 is 11.5 Å². The number of benzene rings is 1. The van der Waals surface area contributed by atoms with Crippen LogP contribution in [0.3, 0.4) is 0 Å². The van der Waals surface area contributed by atoms with Crippen molar-refractivity contribution in [3.05, 3.63) is 17.9 Å². The topological polar surface area (TPSA) is 52.0 Å². The number of nitrogen functional groups attached to an aromatic ring is 2. The molecule has 0 fully saturated rings. The molecule has 0 heterocycles. The van der Waals surface area contributed by atoms with E-state index in [0.717, 1.165) is 0 Å². The Bertz CT molecular complexity index is 275. The molecule has 0 bridgehead atoms. The fourth-order valence-corrected chi connectivity index (χ4v) is 1.24. The molecule has 0 unspecified atom stereocenters. The molecule has 4 N–H and O–H groups in total. The van der Waals surface area contributed by atoms with E-state index in [1.54, 1.807) is 6.26 Å². The zero-order valence-corrected chi connectivity index (χ0v) is 6.91. The van der Waals surface area contributed by atoms with E-state index in [1.807, 2.05) is 0 Å². The van der Waals surface area contributed by atoms with Gasteiger partial charge in [0.15, 0.2) is 0 Å². The smallest absolute Gasteiger partial charge is 0.138 e. The van der Waals surface area contributed by atoms with Gasteiger partial charge in [0.25, 0.3) is 0 Å².